The van der Waals surface area contributed by atoms with Crippen LogP contribution in [0.1, 0.15) is 41.4 Å². The molecule has 0 amide bonds. The minimum atomic E-state index is -4.07. The summed E-state index contributed by atoms with van der Waals surface area (Å²) in [7, 11) is -1.94. The van der Waals surface area contributed by atoms with Crippen molar-refractivity contribution in [1.29, 1.82) is 0 Å². The minimum absolute atomic E-state index is 0.241. The van der Waals surface area contributed by atoms with E-state index in [4.69, 9.17) is 18.5 Å². The van der Waals surface area contributed by atoms with Crippen LogP contribution in [-0.2, 0) is 18.5 Å². The van der Waals surface area contributed by atoms with Crippen molar-refractivity contribution >= 4 is 102 Å². The summed E-state index contributed by atoms with van der Waals surface area (Å²) < 4.78 is 23.8. The zero-order chi connectivity index (χ0) is 53.3. The van der Waals surface area contributed by atoms with Crippen LogP contribution in [0.5, 0.6) is 0 Å². The summed E-state index contributed by atoms with van der Waals surface area (Å²) in [5.41, 5.74) is 1.28. The third kappa shape index (κ3) is 9.44. The van der Waals surface area contributed by atoms with Crippen molar-refractivity contribution in [2.45, 2.75) is 0 Å². The van der Waals surface area contributed by atoms with E-state index >= 15 is 0 Å². The molecule has 0 spiro atoms. The average Bonchev–Trinajstić information content (AvgIpc) is 3.19. The van der Waals surface area contributed by atoms with Crippen molar-refractivity contribution in [1.82, 2.24) is 0 Å². The molecule has 78 heavy (non-hydrogen) atoms. The Bertz CT molecular complexity index is 3750. The normalized spacial score (nSPS) is 11.6. The Kier molecular flexibility index (Phi) is 14.2. The Morgan fingerprint density at radius 2 is 0.462 bits per heavy atom. The Morgan fingerprint density at radius 3 is 0.731 bits per heavy atom. The second-order valence-electron chi connectivity index (χ2n) is 18.4. The van der Waals surface area contributed by atoms with E-state index in [-0.39, 0.29) is 22.7 Å². The summed E-state index contributed by atoms with van der Waals surface area (Å²) in [6.45, 7) is -4.07. The number of hydrogen-bond acceptors (Lipinski definition) is 8. The van der Waals surface area contributed by atoms with Crippen molar-refractivity contribution in [2.24, 2.45) is 0 Å². The van der Waals surface area contributed by atoms with Crippen molar-refractivity contribution in [3.63, 3.8) is 0 Å². The molecule has 0 saturated heterocycles. The third-order valence-electron chi connectivity index (χ3n) is 13.9. The van der Waals surface area contributed by atoms with Gasteiger partial charge in [0.25, 0.3) is 0 Å². The fourth-order valence-corrected chi connectivity index (χ4v) is 15.9. The van der Waals surface area contributed by atoms with Gasteiger partial charge in [-0.05, 0) is 50.5 Å². The van der Waals surface area contributed by atoms with Gasteiger partial charge in [0.1, 0.15) is 0 Å². The van der Waals surface area contributed by atoms with E-state index in [9.17, 15) is 19.2 Å². The molecule has 12 rings (SSSR count). The first-order chi connectivity index (χ1) is 38.3. The molecule has 10 heteroatoms. The van der Waals surface area contributed by atoms with Gasteiger partial charge in [0.15, 0.2) is 0 Å². The number of carbonyl (C=O) groups is 4. The molecular formula is C68H48BO8P. The Morgan fingerprint density at radius 1 is 0.244 bits per heavy atom. The first kappa shape index (κ1) is 50.2. The molecule has 0 aromatic heterocycles. The van der Waals surface area contributed by atoms with E-state index in [0.29, 0.717) is 21.7 Å². The Labute approximate surface area is 451 Å². The number of hydrogen-bond donors (Lipinski definition) is 0. The summed E-state index contributed by atoms with van der Waals surface area (Å²) in [6.07, 6.45) is 0. The molecule has 12 aromatic rings. The molecule has 376 valence electrons. The Balaban J connectivity index is 0.000000166. The molecule has 0 aliphatic heterocycles. The summed E-state index contributed by atoms with van der Waals surface area (Å²) in [6, 6.07) is 92.2. The van der Waals surface area contributed by atoms with Gasteiger partial charge in [-0.15, -0.1) is 0 Å². The molecule has 8 nitrogen and oxygen atoms in total. The van der Waals surface area contributed by atoms with E-state index in [2.05, 4.69) is 48.5 Å². The zero-order valence-electron chi connectivity index (χ0n) is 42.0. The van der Waals surface area contributed by atoms with E-state index in [1.54, 1.807) is 72.8 Å². The molecule has 0 bridgehead atoms. The van der Waals surface area contributed by atoms with E-state index in [0.717, 1.165) is 48.1 Å². The molecule has 0 aliphatic carbocycles. The first-order valence-electron chi connectivity index (χ1n) is 25.3. The van der Waals surface area contributed by atoms with Gasteiger partial charge >= 0.3 is 249 Å². The summed E-state index contributed by atoms with van der Waals surface area (Å²) >= 11 is 0. The van der Waals surface area contributed by atoms with Crippen LogP contribution < -0.4 is 21.2 Å². The van der Waals surface area contributed by atoms with Crippen LogP contribution in [0.15, 0.2) is 291 Å². The molecule has 0 heterocycles. The third-order valence-corrected chi connectivity index (χ3v) is 19.6. The molecule has 0 saturated carbocycles. The predicted molar refractivity (Wildman–Crippen MR) is 314 cm³/mol. The van der Waals surface area contributed by atoms with Crippen LogP contribution in [0.3, 0.4) is 0 Å². The number of benzene rings is 12. The van der Waals surface area contributed by atoms with Crippen LogP contribution in [0.25, 0.3) is 43.1 Å². The van der Waals surface area contributed by atoms with Gasteiger partial charge in [0, 0.05) is 0 Å². The maximum absolute atomic E-state index is 14.6. The molecule has 0 unspecified atom stereocenters. The SMILES string of the molecule is O=C(OB(OC(=O)c1cccc2ccccc12)OC(=O)c1cccc2ccccc12)c1cccc2ccccc12.O=C(OP(c1ccccc1)(c1ccccc1)(c1ccccc1)c1ccccc1)c1cccc2ccccc12. The van der Waals surface area contributed by atoms with E-state index < -0.39 is 32.1 Å². The van der Waals surface area contributed by atoms with Gasteiger partial charge in [0.05, 0.1) is 16.7 Å². The van der Waals surface area contributed by atoms with Crippen LogP contribution in [-0.4, -0.2) is 31.2 Å². The topological polar surface area (TPSA) is 105 Å². The van der Waals surface area contributed by atoms with Crippen LogP contribution in [0.4, 0.5) is 0 Å². The van der Waals surface area contributed by atoms with Crippen LogP contribution in [0.2, 0.25) is 0 Å². The van der Waals surface area contributed by atoms with Crippen molar-refractivity contribution < 1.29 is 37.7 Å². The summed E-state index contributed by atoms with van der Waals surface area (Å²) in [5.74, 6) is -2.77. The molecule has 0 aliphatic rings. The molecule has 12 aromatic carbocycles. The summed E-state index contributed by atoms with van der Waals surface area (Å²) in [5, 5.41) is 10.2. The van der Waals surface area contributed by atoms with Crippen molar-refractivity contribution in [3.05, 3.63) is 313 Å². The second kappa shape index (κ2) is 22.1. The molecule has 0 atom stereocenters. The standard InChI is InChI=1S/C35H27O2P.C33H21BO6/c36-35(34-27-15-17-28-16-13-14-26-33(28)34)37-38(29-18-5-1-6-19-29,30-20-7-2-8-21-30,31-22-9-3-10-23-31)32-24-11-4-12-25-32;35-31(28-19-7-13-22-10-1-4-16-25(22)28)38-34(39-32(36)29-20-8-14-23-11-2-5-17-26(23)29)40-33(37)30-21-9-15-24-12-3-6-18-27(24)30/h1-27H;1-21H. The second-order valence-corrected chi connectivity index (χ2v) is 22.7. The Hall–Kier alpha value is -9.95. The van der Waals surface area contributed by atoms with Crippen LogP contribution >= 0.6 is 6.83 Å². The van der Waals surface area contributed by atoms with Gasteiger partial charge < -0.3 is 14.0 Å². The molecule has 0 radical (unpaired) electrons. The fraction of sp³-hybridized carbons (Fsp3) is 0. The quantitative estimate of drug-likeness (QED) is 0.0880. The van der Waals surface area contributed by atoms with Crippen molar-refractivity contribution in [2.75, 3.05) is 0 Å². The number of fused-ring (bicyclic) bond motifs is 4. The molecular weight excluding hydrogens is 987 g/mol. The van der Waals surface area contributed by atoms with E-state index in [1.807, 2.05) is 170 Å². The van der Waals surface area contributed by atoms with Gasteiger partial charge in [0.2, 0.25) is 0 Å². The van der Waals surface area contributed by atoms with Gasteiger partial charge in [-0.2, -0.15) is 0 Å². The van der Waals surface area contributed by atoms with Crippen molar-refractivity contribution in [3.8, 4) is 0 Å². The first-order valence-corrected chi connectivity index (χ1v) is 27.5. The van der Waals surface area contributed by atoms with Crippen LogP contribution in [0, 0.1) is 0 Å². The fourth-order valence-electron chi connectivity index (χ4n) is 10.3. The van der Waals surface area contributed by atoms with Gasteiger partial charge in [-0.1, -0.05) is 109 Å². The zero-order valence-corrected chi connectivity index (χ0v) is 42.9. The van der Waals surface area contributed by atoms with E-state index in [1.165, 1.54) is 0 Å². The molecule has 0 N–H and O–H groups in total. The number of carbonyl (C=O) groups excluding carboxylic acids is 4. The molecule has 0 fully saturated rings. The number of rotatable bonds is 12. The predicted octanol–water partition coefficient (Wildman–Crippen LogP) is 13.8. The maximum atomic E-state index is 14.6. The van der Waals surface area contributed by atoms with Gasteiger partial charge in [-0.25, -0.2) is 14.4 Å². The van der Waals surface area contributed by atoms with Gasteiger partial charge in [-0.3, -0.25) is 0 Å². The summed E-state index contributed by atoms with van der Waals surface area (Å²) in [4.78, 5) is 54.6. The average molecular weight is 1030 g/mol. The monoisotopic (exact) mass is 1030 g/mol.